The molecule has 1 aliphatic heterocycles. The number of hydrogen-bond acceptors (Lipinski definition) is 4. The van der Waals surface area contributed by atoms with Gasteiger partial charge in [0.1, 0.15) is 11.5 Å². The Morgan fingerprint density at radius 3 is 2.48 bits per heavy atom. The fraction of sp³-hybridized carbons (Fsp3) is 0.417. The molecule has 1 saturated heterocycles. The van der Waals surface area contributed by atoms with E-state index < -0.39 is 6.10 Å². The lowest BCUT2D eigenvalue weighted by Gasteiger charge is -2.33. The summed E-state index contributed by atoms with van der Waals surface area (Å²) in [6, 6.07) is 14.7. The Hall–Kier alpha value is -2.73. The summed E-state index contributed by atoms with van der Waals surface area (Å²) in [5.41, 5.74) is 1.08. The molecule has 0 aliphatic carbocycles. The average molecular weight is 445 g/mol. The highest BCUT2D eigenvalue weighted by Crippen LogP contribution is 2.20. The van der Waals surface area contributed by atoms with Gasteiger partial charge in [-0.3, -0.25) is 9.59 Å². The van der Waals surface area contributed by atoms with Gasteiger partial charge in [-0.05, 0) is 62.1 Å². The molecule has 2 aromatic carbocycles. The van der Waals surface area contributed by atoms with Crippen molar-refractivity contribution >= 4 is 23.4 Å². The Kier molecular flexibility index (Phi) is 8.18. The summed E-state index contributed by atoms with van der Waals surface area (Å²) in [6.45, 7) is 4.95. The van der Waals surface area contributed by atoms with Crippen LogP contribution in [0, 0.1) is 0 Å². The van der Waals surface area contributed by atoms with Crippen LogP contribution in [-0.2, 0) is 16.0 Å². The van der Waals surface area contributed by atoms with E-state index in [1.165, 1.54) is 0 Å². The zero-order chi connectivity index (χ0) is 22.2. The molecule has 2 aromatic rings. The number of halogens is 1. The minimum Gasteiger partial charge on any atom is -0.483 e. The minimum absolute atomic E-state index is 0.0118. The van der Waals surface area contributed by atoms with Gasteiger partial charge in [-0.15, -0.1) is 0 Å². The second-order valence-corrected chi connectivity index (χ2v) is 8.07. The summed E-state index contributed by atoms with van der Waals surface area (Å²) in [7, 11) is 0. The third-order valence-electron chi connectivity index (χ3n) is 5.36. The number of carbonyl (C=O) groups is 2. The normalized spacial score (nSPS) is 15.3. The van der Waals surface area contributed by atoms with Gasteiger partial charge < -0.3 is 19.7 Å². The van der Waals surface area contributed by atoms with Crippen LogP contribution in [-0.4, -0.2) is 48.6 Å². The number of ether oxygens (including phenoxy) is 2. The molecule has 7 heteroatoms. The molecule has 1 heterocycles. The molecular weight excluding hydrogens is 416 g/mol. The van der Waals surface area contributed by atoms with Gasteiger partial charge in [-0.1, -0.05) is 36.7 Å². The van der Waals surface area contributed by atoms with Crippen molar-refractivity contribution in [2.45, 2.75) is 45.3 Å². The van der Waals surface area contributed by atoms with Crippen molar-refractivity contribution in [3.05, 3.63) is 59.1 Å². The number of para-hydroxylation sites is 1. The van der Waals surface area contributed by atoms with E-state index in [1.54, 1.807) is 36.1 Å². The summed E-state index contributed by atoms with van der Waals surface area (Å²) >= 11 is 5.88. The monoisotopic (exact) mass is 444 g/mol. The maximum absolute atomic E-state index is 12.7. The number of amides is 2. The second-order valence-electron chi connectivity index (χ2n) is 7.63. The van der Waals surface area contributed by atoms with Crippen LogP contribution < -0.4 is 14.8 Å². The van der Waals surface area contributed by atoms with E-state index >= 15 is 0 Å². The highest BCUT2D eigenvalue weighted by Gasteiger charge is 2.27. The van der Waals surface area contributed by atoms with Gasteiger partial charge in [0.25, 0.3) is 11.8 Å². The number of carbonyl (C=O) groups excluding carboxylic acids is 2. The maximum Gasteiger partial charge on any atom is 0.263 e. The summed E-state index contributed by atoms with van der Waals surface area (Å²) in [5.74, 6) is 1.15. The predicted octanol–water partition coefficient (Wildman–Crippen LogP) is 3.86. The fourth-order valence-electron chi connectivity index (χ4n) is 3.62. The van der Waals surface area contributed by atoms with Crippen LogP contribution in [0.5, 0.6) is 11.5 Å². The zero-order valence-corrected chi connectivity index (χ0v) is 18.7. The molecule has 166 valence electrons. The van der Waals surface area contributed by atoms with Gasteiger partial charge in [-0.2, -0.15) is 0 Å². The predicted molar refractivity (Wildman–Crippen MR) is 121 cm³/mol. The number of hydrogen-bond donors (Lipinski definition) is 1. The quantitative estimate of drug-likeness (QED) is 0.671. The Labute approximate surface area is 188 Å². The van der Waals surface area contributed by atoms with Crippen LogP contribution in [0.2, 0.25) is 5.02 Å². The van der Waals surface area contributed by atoms with Crippen LogP contribution >= 0.6 is 11.6 Å². The SMILES string of the molecule is CCc1ccccc1OCC(=O)NC1CCN(C(=O)C(C)Oc2ccc(Cl)cc2)CC1. The van der Waals surface area contributed by atoms with Crippen molar-refractivity contribution in [2.24, 2.45) is 0 Å². The molecule has 0 aromatic heterocycles. The topological polar surface area (TPSA) is 67.9 Å². The molecule has 0 spiro atoms. The molecule has 0 radical (unpaired) electrons. The lowest BCUT2D eigenvalue weighted by atomic mass is 10.0. The first-order chi connectivity index (χ1) is 15.0. The van der Waals surface area contributed by atoms with E-state index in [4.69, 9.17) is 21.1 Å². The van der Waals surface area contributed by atoms with Gasteiger partial charge in [0, 0.05) is 24.2 Å². The summed E-state index contributed by atoms with van der Waals surface area (Å²) in [4.78, 5) is 26.8. The molecule has 6 nitrogen and oxygen atoms in total. The molecule has 0 bridgehead atoms. The summed E-state index contributed by atoms with van der Waals surface area (Å²) < 4.78 is 11.4. The first-order valence-electron chi connectivity index (χ1n) is 10.7. The molecule has 1 fully saturated rings. The van der Waals surface area contributed by atoms with Crippen LogP contribution in [0.1, 0.15) is 32.3 Å². The van der Waals surface area contributed by atoms with Crippen molar-refractivity contribution in [2.75, 3.05) is 19.7 Å². The van der Waals surface area contributed by atoms with E-state index in [0.717, 1.165) is 17.7 Å². The Balaban J connectivity index is 1.40. The molecule has 1 aliphatic rings. The molecule has 0 saturated carbocycles. The molecule has 1 N–H and O–H groups in total. The zero-order valence-electron chi connectivity index (χ0n) is 18.0. The Morgan fingerprint density at radius 2 is 1.81 bits per heavy atom. The smallest absolute Gasteiger partial charge is 0.263 e. The van der Waals surface area contributed by atoms with E-state index in [0.29, 0.717) is 36.7 Å². The molecule has 1 unspecified atom stereocenters. The van der Waals surface area contributed by atoms with Gasteiger partial charge in [0.2, 0.25) is 0 Å². The molecular formula is C24H29ClN2O4. The Morgan fingerprint density at radius 1 is 1.13 bits per heavy atom. The summed E-state index contributed by atoms with van der Waals surface area (Å²) in [6.07, 6.45) is 1.68. The van der Waals surface area contributed by atoms with Crippen molar-refractivity contribution in [3.8, 4) is 11.5 Å². The molecule has 1 atom stereocenters. The number of piperidine rings is 1. The van der Waals surface area contributed by atoms with Gasteiger partial charge in [-0.25, -0.2) is 0 Å². The van der Waals surface area contributed by atoms with E-state index in [2.05, 4.69) is 12.2 Å². The molecule has 3 rings (SSSR count). The van der Waals surface area contributed by atoms with E-state index in [9.17, 15) is 9.59 Å². The summed E-state index contributed by atoms with van der Waals surface area (Å²) in [5, 5.41) is 3.64. The highest BCUT2D eigenvalue weighted by atomic mass is 35.5. The van der Waals surface area contributed by atoms with Crippen molar-refractivity contribution < 1.29 is 19.1 Å². The van der Waals surface area contributed by atoms with Crippen molar-refractivity contribution in [1.29, 1.82) is 0 Å². The number of nitrogens with zero attached hydrogens (tertiary/aromatic N) is 1. The van der Waals surface area contributed by atoms with Crippen LogP contribution in [0.15, 0.2) is 48.5 Å². The lowest BCUT2D eigenvalue weighted by Crippen LogP contribution is -2.50. The number of nitrogens with one attached hydrogen (secondary N) is 1. The number of likely N-dealkylation sites (tertiary alicyclic amines) is 1. The number of rotatable bonds is 8. The first-order valence-corrected chi connectivity index (χ1v) is 11.0. The Bertz CT molecular complexity index is 879. The maximum atomic E-state index is 12.7. The van der Waals surface area contributed by atoms with E-state index in [-0.39, 0.29) is 24.5 Å². The average Bonchev–Trinajstić information content (AvgIpc) is 2.79. The molecule has 31 heavy (non-hydrogen) atoms. The van der Waals surface area contributed by atoms with Crippen molar-refractivity contribution in [1.82, 2.24) is 10.2 Å². The minimum atomic E-state index is -0.584. The standard InChI is InChI=1S/C24H29ClN2O4/c1-3-18-6-4-5-7-22(18)30-16-23(28)26-20-12-14-27(15-13-20)24(29)17(2)31-21-10-8-19(25)9-11-21/h4-11,17,20H,3,12-16H2,1-2H3,(H,26,28). The number of benzene rings is 2. The van der Waals surface area contributed by atoms with Crippen LogP contribution in [0.3, 0.4) is 0 Å². The first kappa shape index (κ1) is 22.9. The number of aryl methyl sites for hydroxylation is 1. The van der Waals surface area contributed by atoms with Gasteiger partial charge >= 0.3 is 0 Å². The third-order valence-corrected chi connectivity index (χ3v) is 5.61. The highest BCUT2D eigenvalue weighted by molar-refractivity contribution is 6.30. The second kappa shape index (κ2) is 11.0. The van der Waals surface area contributed by atoms with E-state index in [1.807, 2.05) is 24.3 Å². The van der Waals surface area contributed by atoms with Gasteiger partial charge in [0.05, 0.1) is 0 Å². The van der Waals surface area contributed by atoms with Crippen molar-refractivity contribution in [3.63, 3.8) is 0 Å². The van der Waals surface area contributed by atoms with Crippen LogP contribution in [0.4, 0.5) is 0 Å². The molecule has 2 amide bonds. The lowest BCUT2D eigenvalue weighted by molar-refractivity contribution is -0.139. The van der Waals surface area contributed by atoms with Crippen LogP contribution in [0.25, 0.3) is 0 Å². The van der Waals surface area contributed by atoms with Gasteiger partial charge in [0.15, 0.2) is 12.7 Å². The largest absolute Gasteiger partial charge is 0.483 e. The third kappa shape index (κ3) is 6.62. The fourth-order valence-corrected chi connectivity index (χ4v) is 3.74.